The van der Waals surface area contributed by atoms with Crippen molar-refractivity contribution < 1.29 is 41.7 Å². The molecule has 4 heterocycles. The lowest BCUT2D eigenvalue weighted by Gasteiger charge is -2.29. The Morgan fingerprint density at radius 2 is 1.77 bits per heavy atom. The van der Waals surface area contributed by atoms with Gasteiger partial charge < -0.3 is 29.6 Å². The average Bonchev–Trinajstić information content (AvgIpc) is 3.60. The number of alkyl halides is 3. The fourth-order valence-electron chi connectivity index (χ4n) is 5.73. The summed E-state index contributed by atoms with van der Waals surface area (Å²) in [5.74, 6) is -1.86. The third-order valence-corrected chi connectivity index (χ3v) is 7.77. The molecule has 3 aromatic rings. The predicted octanol–water partition coefficient (Wildman–Crippen LogP) is 3.98. The highest BCUT2D eigenvalue weighted by atomic mass is 19.4. The maximum absolute atomic E-state index is 15.0. The summed E-state index contributed by atoms with van der Waals surface area (Å²) in [6, 6.07) is 9.89. The predicted molar refractivity (Wildman–Crippen MR) is 131 cm³/mol. The summed E-state index contributed by atoms with van der Waals surface area (Å²) in [6.45, 7) is 0.462. The van der Waals surface area contributed by atoms with Crippen molar-refractivity contribution in [2.75, 3.05) is 13.2 Å². The maximum Gasteiger partial charge on any atom is 0.471 e. The van der Waals surface area contributed by atoms with Crippen molar-refractivity contribution in [1.29, 1.82) is 0 Å². The summed E-state index contributed by atoms with van der Waals surface area (Å²) in [5, 5.41) is 12.0. The van der Waals surface area contributed by atoms with Gasteiger partial charge in [-0.25, -0.2) is 9.37 Å². The second kappa shape index (κ2) is 10.1. The van der Waals surface area contributed by atoms with Crippen molar-refractivity contribution in [2.45, 2.75) is 68.2 Å². The van der Waals surface area contributed by atoms with Gasteiger partial charge in [-0.05, 0) is 37.2 Å². The number of halogens is 4. The number of aromatic amines is 1. The summed E-state index contributed by atoms with van der Waals surface area (Å²) in [5.41, 5.74) is 2.78. The number of nitrogens with zero attached hydrogens (tertiary/aromatic N) is 1. The molecular formula is C27H27F4N3O5. The van der Waals surface area contributed by atoms with Crippen molar-refractivity contribution >= 4 is 16.9 Å². The number of aromatic nitrogens is 2. The minimum atomic E-state index is -4.88. The number of rotatable bonds is 5. The number of aliphatic hydroxyl groups is 1. The van der Waals surface area contributed by atoms with Gasteiger partial charge in [0.15, 0.2) is 17.8 Å². The Kier molecular flexibility index (Phi) is 6.72. The molecule has 8 nitrogen and oxygen atoms in total. The number of carbonyl (C=O) groups is 1. The van der Waals surface area contributed by atoms with Gasteiger partial charge in [0, 0.05) is 23.7 Å². The SMILES string of the molecule is O=C(NC1CCC(c2ccc(-c3nc4cc(O[C@@H]5CO[C@H]6[C@@H]5OC[C@H]6O)[nH]c4cc3F)cc2)CC1)C(F)(F)F. The van der Waals surface area contributed by atoms with Crippen LogP contribution in [0.2, 0.25) is 0 Å². The molecule has 2 aliphatic heterocycles. The molecule has 208 valence electrons. The zero-order valence-corrected chi connectivity index (χ0v) is 20.7. The van der Waals surface area contributed by atoms with E-state index in [1.807, 2.05) is 12.1 Å². The largest absolute Gasteiger partial charge is 0.471 e. The lowest BCUT2D eigenvalue weighted by molar-refractivity contribution is -0.174. The third-order valence-electron chi connectivity index (χ3n) is 7.77. The van der Waals surface area contributed by atoms with Crippen LogP contribution in [-0.4, -0.2) is 70.8 Å². The van der Waals surface area contributed by atoms with E-state index in [9.17, 15) is 23.1 Å². The zero-order valence-electron chi connectivity index (χ0n) is 20.7. The molecule has 2 saturated heterocycles. The first kappa shape index (κ1) is 26.0. The van der Waals surface area contributed by atoms with E-state index in [2.05, 4.69) is 15.3 Å². The number of hydrogen-bond donors (Lipinski definition) is 3. The number of benzene rings is 1. The van der Waals surface area contributed by atoms with Gasteiger partial charge in [0.1, 0.15) is 24.0 Å². The highest BCUT2D eigenvalue weighted by Crippen LogP contribution is 2.35. The molecular weight excluding hydrogens is 522 g/mol. The van der Waals surface area contributed by atoms with E-state index in [-0.39, 0.29) is 30.9 Å². The van der Waals surface area contributed by atoms with Gasteiger partial charge >= 0.3 is 12.1 Å². The maximum atomic E-state index is 15.0. The van der Waals surface area contributed by atoms with Crippen LogP contribution in [0, 0.1) is 5.82 Å². The molecule has 0 bridgehead atoms. The van der Waals surface area contributed by atoms with Crippen molar-refractivity contribution in [1.82, 2.24) is 15.3 Å². The molecule has 0 radical (unpaired) electrons. The van der Waals surface area contributed by atoms with E-state index in [0.717, 1.165) is 5.56 Å². The summed E-state index contributed by atoms with van der Waals surface area (Å²) >= 11 is 0. The molecule has 4 atom stereocenters. The number of carbonyl (C=O) groups excluding carboxylic acids is 1. The van der Waals surface area contributed by atoms with Gasteiger partial charge in [0.2, 0.25) is 0 Å². The van der Waals surface area contributed by atoms with E-state index >= 15 is 4.39 Å². The van der Waals surface area contributed by atoms with Gasteiger partial charge in [0.25, 0.3) is 0 Å². The van der Waals surface area contributed by atoms with E-state index in [1.165, 1.54) is 6.07 Å². The first-order valence-electron chi connectivity index (χ1n) is 12.9. The summed E-state index contributed by atoms with van der Waals surface area (Å²) in [7, 11) is 0. The molecule has 12 heteroatoms. The Morgan fingerprint density at radius 3 is 2.49 bits per heavy atom. The first-order valence-corrected chi connectivity index (χ1v) is 12.9. The van der Waals surface area contributed by atoms with Crippen LogP contribution in [0.3, 0.4) is 0 Å². The minimum Gasteiger partial charge on any atom is -0.470 e. The van der Waals surface area contributed by atoms with Gasteiger partial charge in [-0.15, -0.1) is 0 Å². The van der Waals surface area contributed by atoms with Crippen LogP contribution in [0.5, 0.6) is 5.88 Å². The van der Waals surface area contributed by atoms with Crippen molar-refractivity contribution in [3.8, 4) is 17.1 Å². The lowest BCUT2D eigenvalue weighted by atomic mass is 9.81. The quantitative estimate of drug-likeness (QED) is 0.416. The second-order valence-electron chi connectivity index (χ2n) is 10.3. The molecule has 0 unspecified atom stereocenters. The molecule has 39 heavy (non-hydrogen) atoms. The van der Waals surface area contributed by atoms with E-state index in [1.54, 1.807) is 18.2 Å². The Bertz CT molecular complexity index is 1350. The Morgan fingerprint density at radius 1 is 1.05 bits per heavy atom. The first-order chi connectivity index (χ1) is 18.7. The third kappa shape index (κ3) is 5.20. The molecule has 3 fully saturated rings. The second-order valence-corrected chi connectivity index (χ2v) is 10.3. The van der Waals surface area contributed by atoms with Crippen LogP contribution in [0.15, 0.2) is 36.4 Å². The summed E-state index contributed by atoms with van der Waals surface area (Å²) < 4.78 is 69.7. The smallest absolute Gasteiger partial charge is 0.470 e. The highest BCUT2D eigenvalue weighted by Gasteiger charge is 2.48. The van der Waals surface area contributed by atoms with Gasteiger partial charge in [-0.2, -0.15) is 13.2 Å². The molecule has 6 rings (SSSR count). The fourth-order valence-corrected chi connectivity index (χ4v) is 5.73. The minimum absolute atomic E-state index is 0.145. The van der Waals surface area contributed by atoms with Crippen LogP contribution in [0.4, 0.5) is 17.6 Å². The lowest BCUT2D eigenvalue weighted by Crippen LogP contribution is -2.44. The molecule has 3 N–H and O–H groups in total. The number of hydrogen-bond acceptors (Lipinski definition) is 6. The molecule has 1 amide bonds. The standard InChI is InChI=1S/C27H27F4N3O5/c28-17-9-18-19(10-22(33-18)39-21-12-38-24-20(35)11-37-25(21)24)34-23(17)15-3-1-13(2-4-15)14-5-7-16(8-6-14)32-26(36)27(29,30)31/h1-4,9-10,14,16,20-21,24-25,33,35H,5-8,11-12H2,(H,32,36)/t14?,16?,20-,21-,24-,25-/m1/s1. The number of amides is 1. The topological polar surface area (TPSA) is 106 Å². The van der Waals surface area contributed by atoms with Crippen molar-refractivity contribution in [3.05, 3.63) is 47.8 Å². The number of aliphatic hydroxyl groups excluding tert-OH is 1. The number of fused-ring (bicyclic) bond motifs is 2. The normalized spacial score (nSPS) is 28.9. The zero-order chi connectivity index (χ0) is 27.3. The number of nitrogens with one attached hydrogen (secondary N) is 2. The van der Waals surface area contributed by atoms with Crippen LogP contribution >= 0.6 is 0 Å². The fraction of sp³-hybridized carbons (Fsp3) is 0.481. The van der Waals surface area contributed by atoms with Crippen molar-refractivity contribution in [3.63, 3.8) is 0 Å². The van der Waals surface area contributed by atoms with Crippen LogP contribution in [0.1, 0.15) is 37.2 Å². The van der Waals surface area contributed by atoms with Crippen molar-refractivity contribution in [2.24, 2.45) is 0 Å². The molecule has 1 aromatic carbocycles. The molecule has 2 aromatic heterocycles. The Balaban J connectivity index is 1.11. The average molecular weight is 550 g/mol. The van der Waals surface area contributed by atoms with Crippen LogP contribution in [-0.2, 0) is 14.3 Å². The number of ether oxygens (including phenoxy) is 3. The van der Waals surface area contributed by atoms with Gasteiger partial charge in [-0.1, -0.05) is 24.3 Å². The summed E-state index contributed by atoms with van der Waals surface area (Å²) in [4.78, 5) is 18.7. The van der Waals surface area contributed by atoms with Gasteiger partial charge in [0.05, 0.1) is 24.2 Å². The molecule has 1 saturated carbocycles. The Labute approximate surface area is 220 Å². The number of pyridine rings is 1. The van der Waals surface area contributed by atoms with E-state index in [4.69, 9.17) is 14.2 Å². The van der Waals surface area contributed by atoms with Gasteiger partial charge in [-0.3, -0.25) is 4.79 Å². The molecule has 3 aliphatic rings. The highest BCUT2D eigenvalue weighted by molar-refractivity contribution is 5.82. The number of H-pyrrole nitrogens is 1. The molecule has 0 spiro atoms. The van der Waals surface area contributed by atoms with E-state index in [0.29, 0.717) is 48.2 Å². The monoisotopic (exact) mass is 549 g/mol. The van der Waals surface area contributed by atoms with Crippen LogP contribution in [0.25, 0.3) is 22.3 Å². The van der Waals surface area contributed by atoms with Crippen LogP contribution < -0.4 is 10.1 Å². The summed E-state index contributed by atoms with van der Waals surface area (Å²) in [6.07, 6.45) is -4.56. The Hall–Kier alpha value is -3.22. The molecule has 1 aliphatic carbocycles. The van der Waals surface area contributed by atoms with E-state index < -0.39 is 42.3 Å².